The first-order valence-corrected chi connectivity index (χ1v) is 14.5. The van der Waals surface area contributed by atoms with Crippen LogP contribution in [-0.4, -0.2) is 85.8 Å². The minimum Gasteiger partial charge on any atom is -0.487 e. The molecule has 0 atom stereocenters. The van der Waals surface area contributed by atoms with E-state index in [1.54, 1.807) is 11.2 Å². The Labute approximate surface area is 210 Å². The molecule has 4 rings (SSSR count). The zero-order valence-electron chi connectivity index (χ0n) is 21.7. The fourth-order valence-corrected chi connectivity index (χ4v) is 6.18. The molecule has 1 amide bonds. The maximum atomic E-state index is 12.4. The molecule has 3 heterocycles. The van der Waals surface area contributed by atoms with E-state index in [0.717, 1.165) is 51.1 Å². The van der Waals surface area contributed by atoms with Crippen molar-refractivity contribution in [1.29, 1.82) is 0 Å². The van der Waals surface area contributed by atoms with Gasteiger partial charge in [0.2, 0.25) is 10.0 Å². The van der Waals surface area contributed by atoms with Gasteiger partial charge in [0.15, 0.2) is 0 Å². The Hall–Kier alpha value is -1.84. The van der Waals surface area contributed by atoms with Gasteiger partial charge in [0.05, 0.1) is 12.4 Å². The van der Waals surface area contributed by atoms with Gasteiger partial charge in [-0.1, -0.05) is 32.9 Å². The first-order valence-electron chi connectivity index (χ1n) is 12.9. The first kappa shape index (κ1) is 26.2. The van der Waals surface area contributed by atoms with Gasteiger partial charge in [-0.3, -0.25) is 4.90 Å². The molecule has 0 saturated carbocycles. The minimum absolute atomic E-state index is 0.0359. The quantitative estimate of drug-likeness (QED) is 0.607. The van der Waals surface area contributed by atoms with Crippen LogP contribution in [-0.2, 0) is 27.7 Å². The molecule has 0 aliphatic carbocycles. The molecule has 3 aliphatic rings. The Kier molecular flexibility index (Phi) is 7.69. The summed E-state index contributed by atoms with van der Waals surface area (Å²) in [5.41, 5.74) is 2.25. The third-order valence-electron chi connectivity index (χ3n) is 7.36. The van der Waals surface area contributed by atoms with Crippen LogP contribution in [0.2, 0.25) is 0 Å². The number of piperidine rings is 1. The molecular formula is C26H41N3O5S. The Balaban J connectivity index is 1.29. The predicted octanol–water partition coefficient (Wildman–Crippen LogP) is 3.50. The van der Waals surface area contributed by atoms with Crippen LogP contribution in [0.5, 0.6) is 5.75 Å². The highest BCUT2D eigenvalue weighted by Crippen LogP contribution is 2.40. The van der Waals surface area contributed by atoms with Gasteiger partial charge in [-0.15, -0.1) is 0 Å². The largest absolute Gasteiger partial charge is 0.487 e. The summed E-state index contributed by atoms with van der Waals surface area (Å²) in [5, 5.41) is 0. The molecule has 8 nitrogen and oxygen atoms in total. The first-order chi connectivity index (χ1) is 16.5. The molecule has 196 valence electrons. The summed E-state index contributed by atoms with van der Waals surface area (Å²) < 4.78 is 37.8. The van der Waals surface area contributed by atoms with E-state index in [2.05, 4.69) is 43.9 Å². The summed E-state index contributed by atoms with van der Waals surface area (Å²) in [5.74, 6) is 1.13. The highest BCUT2D eigenvalue weighted by molar-refractivity contribution is 7.89. The SMILES string of the molecule is CCS(=O)(=O)N1CCN(Cc2ccc3c(c2)CCC2(CCN(C(=O)OCC(C)(C)C)CC2)O3)CC1. The lowest BCUT2D eigenvalue weighted by Gasteiger charge is -2.44. The number of ether oxygens (including phenoxy) is 2. The van der Waals surface area contributed by atoms with E-state index in [9.17, 15) is 13.2 Å². The number of nitrogens with zero attached hydrogens (tertiary/aromatic N) is 3. The number of fused-ring (bicyclic) bond motifs is 1. The molecule has 0 aromatic heterocycles. The van der Waals surface area contributed by atoms with Gasteiger partial charge in [0.1, 0.15) is 11.4 Å². The lowest BCUT2D eigenvalue weighted by molar-refractivity contribution is -0.0172. The zero-order chi connectivity index (χ0) is 25.3. The molecule has 0 radical (unpaired) electrons. The van der Waals surface area contributed by atoms with Crippen molar-refractivity contribution in [3.8, 4) is 5.75 Å². The van der Waals surface area contributed by atoms with Crippen molar-refractivity contribution >= 4 is 16.1 Å². The third kappa shape index (κ3) is 6.49. The highest BCUT2D eigenvalue weighted by Gasteiger charge is 2.41. The normalized spacial score (nSPS) is 21.4. The minimum atomic E-state index is -3.10. The van der Waals surface area contributed by atoms with E-state index >= 15 is 0 Å². The molecule has 9 heteroatoms. The molecule has 3 aliphatic heterocycles. The van der Waals surface area contributed by atoms with Gasteiger partial charge >= 0.3 is 6.09 Å². The van der Waals surface area contributed by atoms with Crippen LogP contribution in [0.25, 0.3) is 0 Å². The number of carbonyl (C=O) groups is 1. The second kappa shape index (κ2) is 10.3. The maximum absolute atomic E-state index is 12.4. The maximum Gasteiger partial charge on any atom is 0.409 e. The van der Waals surface area contributed by atoms with Crippen LogP contribution in [0.1, 0.15) is 58.1 Å². The summed E-state index contributed by atoms with van der Waals surface area (Å²) in [6.45, 7) is 13.1. The summed E-state index contributed by atoms with van der Waals surface area (Å²) in [6.07, 6.45) is 3.36. The van der Waals surface area contributed by atoms with Crippen LogP contribution in [0.3, 0.4) is 0 Å². The van der Waals surface area contributed by atoms with E-state index in [0.29, 0.717) is 32.8 Å². The van der Waals surface area contributed by atoms with Gasteiger partial charge in [0.25, 0.3) is 0 Å². The van der Waals surface area contributed by atoms with Gasteiger partial charge in [0, 0.05) is 58.7 Å². The second-order valence-electron chi connectivity index (χ2n) is 11.4. The van der Waals surface area contributed by atoms with Crippen LogP contribution < -0.4 is 4.74 Å². The van der Waals surface area contributed by atoms with Crippen molar-refractivity contribution in [3.05, 3.63) is 29.3 Å². The number of hydrogen-bond donors (Lipinski definition) is 0. The van der Waals surface area contributed by atoms with Gasteiger partial charge < -0.3 is 14.4 Å². The molecule has 35 heavy (non-hydrogen) atoms. The van der Waals surface area contributed by atoms with Crippen molar-refractivity contribution in [2.45, 2.75) is 65.5 Å². The van der Waals surface area contributed by atoms with Gasteiger partial charge in [-0.2, -0.15) is 4.31 Å². The summed E-state index contributed by atoms with van der Waals surface area (Å²) in [4.78, 5) is 16.6. The number of likely N-dealkylation sites (tertiary alicyclic amines) is 1. The molecule has 0 unspecified atom stereocenters. The smallest absolute Gasteiger partial charge is 0.409 e. The van der Waals surface area contributed by atoms with E-state index in [4.69, 9.17) is 9.47 Å². The number of sulfonamides is 1. The Morgan fingerprint density at radius 3 is 2.37 bits per heavy atom. The fraction of sp³-hybridized carbons (Fsp3) is 0.731. The van der Waals surface area contributed by atoms with Crippen molar-refractivity contribution in [3.63, 3.8) is 0 Å². The number of rotatable bonds is 5. The number of carbonyl (C=O) groups excluding carboxylic acids is 1. The predicted molar refractivity (Wildman–Crippen MR) is 136 cm³/mol. The van der Waals surface area contributed by atoms with Crippen molar-refractivity contribution in [1.82, 2.24) is 14.1 Å². The van der Waals surface area contributed by atoms with Crippen LogP contribution in [0, 0.1) is 5.41 Å². The highest BCUT2D eigenvalue weighted by atomic mass is 32.2. The number of hydrogen-bond acceptors (Lipinski definition) is 6. The Bertz CT molecular complexity index is 1000. The second-order valence-corrected chi connectivity index (χ2v) is 13.7. The molecule has 1 aromatic carbocycles. The van der Waals surface area contributed by atoms with Crippen molar-refractivity contribution in [2.75, 3.05) is 51.6 Å². The van der Waals surface area contributed by atoms with Crippen molar-refractivity contribution < 1.29 is 22.7 Å². The molecule has 0 bridgehead atoms. The molecule has 2 saturated heterocycles. The van der Waals surface area contributed by atoms with E-state index in [1.807, 2.05) is 4.90 Å². The average molecular weight is 508 g/mol. The Morgan fingerprint density at radius 2 is 1.74 bits per heavy atom. The molecule has 1 aromatic rings. The lowest BCUT2D eigenvalue weighted by Crippen LogP contribution is -2.51. The van der Waals surface area contributed by atoms with Gasteiger partial charge in [-0.25, -0.2) is 13.2 Å². The number of piperazine rings is 1. The monoisotopic (exact) mass is 507 g/mol. The van der Waals surface area contributed by atoms with Crippen LogP contribution in [0.4, 0.5) is 4.79 Å². The third-order valence-corrected chi connectivity index (χ3v) is 9.24. The lowest BCUT2D eigenvalue weighted by atomic mass is 9.83. The van der Waals surface area contributed by atoms with Crippen LogP contribution >= 0.6 is 0 Å². The Morgan fingerprint density at radius 1 is 1.06 bits per heavy atom. The molecule has 0 N–H and O–H groups in total. The zero-order valence-corrected chi connectivity index (χ0v) is 22.5. The summed E-state index contributed by atoms with van der Waals surface area (Å²) >= 11 is 0. The van der Waals surface area contributed by atoms with Crippen LogP contribution in [0.15, 0.2) is 18.2 Å². The molecular weight excluding hydrogens is 466 g/mol. The standard InChI is InChI=1S/C26H41N3O5S/c1-5-35(31,32)29-16-14-27(15-17-29)19-21-6-7-23-22(18-21)8-9-26(34-23)10-12-28(13-11-26)24(30)33-20-25(2,3)4/h6-7,18H,5,8-17,19-20H2,1-4H3. The van der Waals surface area contributed by atoms with Gasteiger partial charge in [-0.05, 0) is 42.4 Å². The molecule has 2 fully saturated rings. The summed E-state index contributed by atoms with van der Waals surface area (Å²) in [6, 6.07) is 6.47. The topological polar surface area (TPSA) is 79.4 Å². The molecule has 1 spiro atoms. The number of benzene rings is 1. The van der Waals surface area contributed by atoms with E-state index in [-0.39, 0.29) is 22.9 Å². The fourth-order valence-electron chi connectivity index (χ4n) is 5.10. The van der Waals surface area contributed by atoms with Crippen molar-refractivity contribution in [2.24, 2.45) is 5.41 Å². The number of aryl methyl sites for hydroxylation is 1. The van der Waals surface area contributed by atoms with E-state index in [1.165, 1.54) is 11.1 Å². The van der Waals surface area contributed by atoms with E-state index < -0.39 is 10.0 Å². The average Bonchev–Trinajstić information content (AvgIpc) is 2.83. The summed E-state index contributed by atoms with van der Waals surface area (Å²) in [7, 11) is -3.10. The number of amides is 1.